The van der Waals surface area contributed by atoms with Crippen molar-refractivity contribution in [3.05, 3.63) is 0 Å². The molecule has 29 heavy (non-hydrogen) atoms. The third-order valence-corrected chi connectivity index (χ3v) is 5.51. The summed E-state index contributed by atoms with van der Waals surface area (Å²) in [6.45, 7) is 6.74. The Morgan fingerprint density at radius 1 is 1.17 bits per heavy atom. The maximum atomic E-state index is 12.8. The standard InChI is InChI=1S/C20H34N6O3/c1-4-29-19(28)23-18(26-11-7-5-6-8-12-26)22-16(2)17(27)24-20(15-21)9-13-25(3)14-10-20/h16H,4-14H2,1-3H3,(H,24,27)(H,22,23,28). The van der Waals surface area contributed by atoms with E-state index in [1.54, 1.807) is 13.8 Å². The van der Waals surface area contributed by atoms with E-state index in [4.69, 9.17) is 4.74 Å². The second-order valence-electron chi connectivity index (χ2n) is 7.86. The number of hydrogen-bond donors (Lipinski definition) is 2. The van der Waals surface area contributed by atoms with Gasteiger partial charge >= 0.3 is 6.09 Å². The summed E-state index contributed by atoms with van der Waals surface area (Å²) in [6.07, 6.45) is 4.89. The number of hydrogen-bond acceptors (Lipinski definition) is 6. The monoisotopic (exact) mass is 406 g/mol. The van der Waals surface area contributed by atoms with Gasteiger partial charge in [0.05, 0.1) is 12.7 Å². The van der Waals surface area contributed by atoms with Gasteiger partial charge < -0.3 is 19.9 Å². The van der Waals surface area contributed by atoms with Crippen molar-refractivity contribution in [3.8, 4) is 6.07 Å². The van der Waals surface area contributed by atoms with Crippen molar-refractivity contribution in [2.75, 3.05) is 39.8 Å². The molecule has 0 aliphatic carbocycles. The fraction of sp³-hybridized carbons (Fsp3) is 0.800. The molecule has 162 valence electrons. The van der Waals surface area contributed by atoms with Gasteiger partial charge in [0.25, 0.3) is 0 Å². The van der Waals surface area contributed by atoms with Gasteiger partial charge in [-0.05, 0) is 46.6 Å². The highest BCUT2D eigenvalue weighted by Gasteiger charge is 2.36. The third-order valence-electron chi connectivity index (χ3n) is 5.51. The van der Waals surface area contributed by atoms with Crippen molar-refractivity contribution in [1.82, 2.24) is 20.4 Å². The molecule has 0 aromatic rings. The first-order valence-electron chi connectivity index (χ1n) is 10.6. The fourth-order valence-electron chi connectivity index (χ4n) is 3.58. The van der Waals surface area contributed by atoms with Crippen molar-refractivity contribution < 1.29 is 14.3 Å². The second-order valence-corrected chi connectivity index (χ2v) is 7.86. The number of ether oxygens (including phenoxy) is 1. The summed E-state index contributed by atoms with van der Waals surface area (Å²) in [6, 6.07) is 1.55. The number of nitrogens with one attached hydrogen (secondary N) is 2. The molecule has 2 fully saturated rings. The number of aliphatic imine (C=N–C) groups is 1. The van der Waals surface area contributed by atoms with Crippen LogP contribution < -0.4 is 10.6 Å². The molecule has 2 rings (SSSR count). The maximum Gasteiger partial charge on any atom is 0.413 e. The van der Waals surface area contributed by atoms with Crippen LogP contribution in [0.4, 0.5) is 4.79 Å². The summed E-state index contributed by atoms with van der Waals surface area (Å²) in [5, 5.41) is 15.3. The lowest BCUT2D eigenvalue weighted by molar-refractivity contribution is -0.123. The van der Waals surface area contributed by atoms with E-state index in [2.05, 4.69) is 26.6 Å². The minimum absolute atomic E-state index is 0.258. The summed E-state index contributed by atoms with van der Waals surface area (Å²) >= 11 is 0. The van der Waals surface area contributed by atoms with Crippen LogP contribution in [0.1, 0.15) is 52.4 Å². The van der Waals surface area contributed by atoms with Crippen molar-refractivity contribution in [1.29, 1.82) is 5.26 Å². The summed E-state index contributed by atoms with van der Waals surface area (Å²) in [5.74, 6) is 0.0523. The molecule has 9 heteroatoms. The van der Waals surface area contributed by atoms with E-state index in [-0.39, 0.29) is 12.5 Å². The minimum atomic E-state index is -0.856. The zero-order chi connectivity index (χ0) is 21.3. The molecule has 0 aromatic carbocycles. The number of nitrogens with zero attached hydrogens (tertiary/aromatic N) is 4. The predicted molar refractivity (Wildman–Crippen MR) is 110 cm³/mol. The molecule has 2 heterocycles. The van der Waals surface area contributed by atoms with Crippen LogP contribution in [0, 0.1) is 11.3 Å². The molecule has 2 amide bonds. The smallest absolute Gasteiger partial charge is 0.413 e. The average molecular weight is 407 g/mol. The summed E-state index contributed by atoms with van der Waals surface area (Å²) in [7, 11) is 2.00. The fourth-order valence-corrected chi connectivity index (χ4v) is 3.58. The Balaban J connectivity index is 2.11. The molecule has 0 saturated carbocycles. The Labute approximate surface area is 173 Å². The molecule has 2 saturated heterocycles. The summed E-state index contributed by atoms with van der Waals surface area (Å²) in [4.78, 5) is 33.5. The number of amides is 2. The van der Waals surface area contributed by atoms with Gasteiger partial charge in [0.15, 0.2) is 0 Å². The first-order valence-corrected chi connectivity index (χ1v) is 10.6. The van der Waals surface area contributed by atoms with E-state index in [1.807, 2.05) is 11.9 Å². The Morgan fingerprint density at radius 3 is 2.34 bits per heavy atom. The zero-order valence-corrected chi connectivity index (χ0v) is 17.9. The van der Waals surface area contributed by atoms with E-state index in [0.717, 1.165) is 51.9 Å². The highest BCUT2D eigenvalue weighted by atomic mass is 16.5. The molecule has 0 bridgehead atoms. The molecule has 1 unspecified atom stereocenters. The van der Waals surface area contributed by atoms with E-state index in [0.29, 0.717) is 18.8 Å². The minimum Gasteiger partial charge on any atom is -0.450 e. The highest BCUT2D eigenvalue weighted by molar-refractivity contribution is 5.95. The van der Waals surface area contributed by atoms with Gasteiger partial charge in [-0.3, -0.25) is 10.1 Å². The van der Waals surface area contributed by atoms with E-state index in [9.17, 15) is 14.9 Å². The molecule has 1 atom stereocenters. The van der Waals surface area contributed by atoms with E-state index < -0.39 is 17.7 Å². The third kappa shape index (κ3) is 6.89. The van der Waals surface area contributed by atoms with Crippen LogP contribution in [0.3, 0.4) is 0 Å². The highest BCUT2D eigenvalue weighted by Crippen LogP contribution is 2.21. The molecule has 9 nitrogen and oxygen atoms in total. The summed E-state index contributed by atoms with van der Waals surface area (Å²) < 4.78 is 5.00. The van der Waals surface area contributed by atoms with Gasteiger partial charge in [-0.25, -0.2) is 9.79 Å². The van der Waals surface area contributed by atoms with Gasteiger partial charge in [0.1, 0.15) is 11.6 Å². The molecule has 2 N–H and O–H groups in total. The molecular weight excluding hydrogens is 372 g/mol. The number of alkyl carbamates (subject to hydrolysis) is 1. The number of rotatable bonds is 4. The quantitative estimate of drug-likeness (QED) is 0.540. The lowest BCUT2D eigenvalue weighted by Crippen LogP contribution is -2.56. The molecule has 0 radical (unpaired) electrons. The van der Waals surface area contributed by atoms with Gasteiger partial charge in [-0.15, -0.1) is 0 Å². The molecular formula is C20H34N6O3. The molecule has 0 spiro atoms. The van der Waals surface area contributed by atoms with E-state index >= 15 is 0 Å². The SMILES string of the molecule is CCOC(=O)NC(=NC(C)C(=O)NC1(C#N)CCN(C)CC1)N1CCCCCC1. The van der Waals surface area contributed by atoms with Crippen molar-refractivity contribution in [2.24, 2.45) is 4.99 Å². The Bertz CT molecular complexity index is 629. The van der Waals surface area contributed by atoms with Gasteiger partial charge in [0.2, 0.25) is 11.9 Å². The lowest BCUT2D eigenvalue weighted by Gasteiger charge is -2.36. The predicted octanol–water partition coefficient (Wildman–Crippen LogP) is 1.46. The van der Waals surface area contributed by atoms with Crippen molar-refractivity contribution in [2.45, 2.75) is 64.0 Å². The number of nitriles is 1. The van der Waals surface area contributed by atoms with Gasteiger partial charge in [-0.2, -0.15) is 5.26 Å². The van der Waals surface area contributed by atoms with Crippen LogP contribution >= 0.6 is 0 Å². The number of guanidine groups is 1. The van der Waals surface area contributed by atoms with Crippen molar-refractivity contribution in [3.63, 3.8) is 0 Å². The normalized spacial score (nSPS) is 21.4. The molecule has 0 aromatic heterocycles. The van der Waals surface area contributed by atoms with Crippen LogP contribution in [0.2, 0.25) is 0 Å². The lowest BCUT2D eigenvalue weighted by atomic mass is 9.89. The first-order chi connectivity index (χ1) is 13.9. The Morgan fingerprint density at radius 2 is 1.79 bits per heavy atom. The summed E-state index contributed by atoms with van der Waals surface area (Å²) in [5.41, 5.74) is -0.856. The molecule has 2 aliphatic heterocycles. The number of carbonyl (C=O) groups excluding carboxylic acids is 2. The Hall–Kier alpha value is -2.34. The number of carbonyl (C=O) groups is 2. The van der Waals surface area contributed by atoms with Crippen LogP contribution in [0.5, 0.6) is 0 Å². The molecule has 2 aliphatic rings. The van der Waals surface area contributed by atoms with Crippen LogP contribution in [-0.4, -0.2) is 79.2 Å². The van der Waals surface area contributed by atoms with Crippen LogP contribution in [0.15, 0.2) is 4.99 Å². The van der Waals surface area contributed by atoms with Crippen LogP contribution in [-0.2, 0) is 9.53 Å². The van der Waals surface area contributed by atoms with Gasteiger partial charge in [0, 0.05) is 26.2 Å². The number of likely N-dealkylation sites (tertiary alicyclic amines) is 2. The van der Waals surface area contributed by atoms with E-state index in [1.165, 1.54) is 0 Å². The Kier molecular flexibility index (Phi) is 8.70. The van der Waals surface area contributed by atoms with Crippen molar-refractivity contribution >= 4 is 18.0 Å². The second kappa shape index (κ2) is 11.0. The number of piperidine rings is 1. The average Bonchev–Trinajstić information content (AvgIpc) is 2.99. The maximum absolute atomic E-state index is 12.8. The van der Waals surface area contributed by atoms with Gasteiger partial charge in [-0.1, -0.05) is 12.8 Å². The van der Waals surface area contributed by atoms with Crippen LogP contribution in [0.25, 0.3) is 0 Å². The topological polar surface area (TPSA) is 110 Å². The largest absolute Gasteiger partial charge is 0.450 e. The zero-order valence-electron chi connectivity index (χ0n) is 17.9. The first kappa shape index (κ1) is 22.9.